The number of methoxy groups -OCH3 is 1. The van der Waals surface area contributed by atoms with Gasteiger partial charge in [0.25, 0.3) is 0 Å². The third-order valence-electron chi connectivity index (χ3n) is 3.86. The van der Waals surface area contributed by atoms with Gasteiger partial charge in [-0.2, -0.15) is 0 Å². The smallest absolute Gasteiger partial charge is 0.0794 e. The van der Waals surface area contributed by atoms with Crippen LogP contribution in [0.15, 0.2) is 18.2 Å². The maximum Gasteiger partial charge on any atom is 0.0794 e. The zero-order valence-corrected chi connectivity index (χ0v) is 12.8. The fourth-order valence-corrected chi connectivity index (χ4v) is 2.74. The molecular weight excluding hydrogens is 258 g/mol. The van der Waals surface area contributed by atoms with Crippen molar-refractivity contribution in [3.8, 4) is 0 Å². The van der Waals surface area contributed by atoms with Gasteiger partial charge in [0, 0.05) is 12.1 Å². The van der Waals surface area contributed by atoms with Crippen molar-refractivity contribution in [3.63, 3.8) is 0 Å². The molecule has 0 radical (unpaired) electrons. The molecule has 2 atom stereocenters. The van der Waals surface area contributed by atoms with E-state index in [4.69, 9.17) is 16.3 Å². The second-order valence-corrected chi connectivity index (χ2v) is 5.89. The van der Waals surface area contributed by atoms with Gasteiger partial charge in [0.1, 0.15) is 0 Å². The molecule has 1 aliphatic rings. The summed E-state index contributed by atoms with van der Waals surface area (Å²) in [6, 6.07) is 6.59. The van der Waals surface area contributed by atoms with Gasteiger partial charge in [-0.15, -0.1) is 0 Å². The number of rotatable bonds is 7. The first-order valence-electron chi connectivity index (χ1n) is 7.19. The van der Waals surface area contributed by atoms with Crippen molar-refractivity contribution in [2.75, 3.05) is 13.7 Å². The van der Waals surface area contributed by atoms with E-state index in [0.29, 0.717) is 5.92 Å². The van der Waals surface area contributed by atoms with E-state index in [1.54, 1.807) is 0 Å². The van der Waals surface area contributed by atoms with Crippen LogP contribution < -0.4 is 5.32 Å². The van der Waals surface area contributed by atoms with Crippen molar-refractivity contribution in [1.29, 1.82) is 0 Å². The molecule has 1 fully saturated rings. The molecule has 2 unspecified atom stereocenters. The average Bonchev–Trinajstić information content (AvgIpc) is 3.22. The maximum absolute atomic E-state index is 6.27. The largest absolute Gasteiger partial charge is 0.379 e. The van der Waals surface area contributed by atoms with E-state index in [-0.39, 0.29) is 12.1 Å². The Labute approximate surface area is 121 Å². The van der Waals surface area contributed by atoms with Crippen molar-refractivity contribution >= 4 is 11.6 Å². The Balaban J connectivity index is 2.21. The fourth-order valence-electron chi connectivity index (χ4n) is 2.55. The van der Waals surface area contributed by atoms with Crippen molar-refractivity contribution in [2.45, 2.75) is 45.3 Å². The summed E-state index contributed by atoms with van der Waals surface area (Å²) in [6.45, 7) is 5.23. The van der Waals surface area contributed by atoms with Crippen molar-refractivity contribution in [3.05, 3.63) is 34.3 Å². The van der Waals surface area contributed by atoms with E-state index in [1.165, 1.54) is 18.4 Å². The number of ether oxygens (including phenoxy) is 1. The highest BCUT2D eigenvalue weighted by Crippen LogP contribution is 2.40. The number of hydrogen-bond donors (Lipinski definition) is 1. The number of aryl methyl sites for hydroxylation is 1. The molecule has 0 bridgehead atoms. The lowest BCUT2D eigenvalue weighted by Crippen LogP contribution is -2.35. The minimum atomic E-state index is 0.246. The van der Waals surface area contributed by atoms with E-state index >= 15 is 0 Å². The van der Waals surface area contributed by atoms with E-state index in [2.05, 4.69) is 30.4 Å². The van der Waals surface area contributed by atoms with E-state index in [9.17, 15) is 0 Å². The lowest BCUT2D eigenvalue weighted by Gasteiger charge is -2.28. The second kappa shape index (κ2) is 6.74. The maximum atomic E-state index is 6.27. The minimum absolute atomic E-state index is 0.246. The summed E-state index contributed by atoms with van der Waals surface area (Å²) < 4.78 is 5.75. The van der Waals surface area contributed by atoms with Gasteiger partial charge in [-0.3, -0.25) is 0 Å². The SMILES string of the molecule is CCCNC(c1ccc(C)c(Cl)c1)C(OC)C1CC1. The molecule has 3 heteroatoms. The summed E-state index contributed by atoms with van der Waals surface area (Å²) >= 11 is 6.27. The highest BCUT2D eigenvalue weighted by atomic mass is 35.5. The average molecular weight is 282 g/mol. The molecule has 106 valence electrons. The highest BCUT2D eigenvalue weighted by Gasteiger charge is 2.37. The first-order chi connectivity index (χ1) is 9.17. The van der Waals surface area contributed by atoms with E-state index < -0.39 is 0 Å². The molecule has 1 aromatic carbocycles. The predicted molar refractivity (Wildman–Crippen MR) is 80.7 cm³/mol. The number of benzene rings is 1. The van der Waals surface area contributed by atoms with Gasteiger partial charge < -0.3 is 10.1 Å². The first kappa shape index (κ1) is 14.8. The van der Waals surface area contributed by atoms with Crippen LogP contribution in [0.2, 0.25) is 5.02 Å². The molecule has 0 heterocycles. The van der Waals surface area contributed by atoms with Gasteiger partial charge in [0.05, 0.1) is 12.1 Å². The van der Waals surface area contributed by atoms with Crippen LogP contribution in [0.3, 0.4) is 0 Å². The lowest BCUT2D eigenvalue weighted by atomic mass is 9.97. The standard InChI is InChI=1S/C16H24ClNO/c1-4-9-18-15(16(19-3)12-7-8-12)13-6-5-11(2)14(17)10-13/h5-6,10,12,15-16,18H,4,7-9H2,1-3H3. The Morgan fingerprint density at radius 1 is 1.42 bits per heavy atom. The first-order valence-corrected chi connectivity index (χ1v) is 7.57. The number of hydrogen-bond acceptors (Lipinski definition) is 2. The lowest BCUT2D eigenvalue weighted by molar-refractivity contribution is 0.0507. The monoisotopic (exact) mass is 281 g/mol. The molecule has 0 aliphatic heterocycles. The molecule has 1 aliphatic carbocycles. The predicted octanol–water partition coefficient (Wildman–Crippen LogP) is 4.11. The van der Waals surface area contributed by atoms with Crippen molar-refractivity contribution in [1.82, 2.24) is 5.32 Å². The van der Waals surface area contributed by atoms with Crippen LogP contribution in [0.4, 0.5) is 0 Å². The third-order valence-corrected chi connectivity index (χ3v) is 4.26. The Bertz CT molecular complexity index is 417. The highest BCUT2D eigenvalue weighted by molar-refractivity contribution is 6.31. The van der Waals surface area contributed by atoms with Crippen LogP contribution in [0.25, 0.3) is 0 Å². The molecule has 0 spiro atoms. The second-order valence-electron chi connectivity index (χ2n) is 5.48. The Hall–Kier alpha value is -0.570. The van der Waals surface area contributed by atoms with Gasteiger partial charge in [-0.05, 0) is 55.8 Å². The van der Waals surface area contributed by atoms with Crippen LogP contribution in [0, 0.1) is 12.8 Å². The molecule has 19 heavy (non-hydrogen) atoms. The van der Waals surface area contributed by atoms with Gasteiger partial charge in [0.2, 0.25) is 0 Å². The molecule has 2 nitrogen and oxygen atoms in total. The Morgan fingerprint density at radius 3 is 2.68 bits per heavy atom. The fraction of sp³-hybridized carbons (Fsp3) is 0.625. The summed E-state index contributed by atoms with van der Waals surface area (Å²) in [5.41, 5.74) is 2.36. The van der Waals surface area contributed by atoms with Crippen LogP contribution in [0.1, 0.15) is 43.4 Å². The molecule has 0 aromatic heterocycles. The molecular formula is C16H24ClNO. The third kappa shape index (κ3) is 3.71. The normalized spacial score (nSPS) is 18.3. The van der Waals surface area contributed by atoms with Crippen LogP contribution in [0.5, 0.6) is 0 Å². The molecule has 1 N–H and O–H groups in total. The summed E-state index contributed by atoms with van der Waals surface area (Å²) in [6.07, 6.45) is 3.94. The molecule has 1 aromatic rings. The van der Waals surface area contributed by atoms with E-state index in [0.717, 1.165) is 23.6 Å². The minimum Gasteiger partial charge on any atom is -0.379 e. The van der Waals surface area contributed by atoms with E-state index in [1.807, 2.05) is 14.0 Å². The van der Waals surface area contributed by atoms with Gasteiger partial charge in [-0.25, -0.2) is 0 Å². The Kier molecular flexibility index (Phi) is 5.26. The molecule has 2 rings (SSSR count). The van der Waals surface area contributed by atoms with Gasteiger partial charge in [-0.1, -0.05) is 30.7 Å². The molecule has 0 saturated heterocycles. The summed E-state index contributed by atoms with van der Waals surface area (Å²) in [5, 5.41) is 4.46. The number of halogens is 1. The zero-order chi connectivity index (χ0) is 13.8. The summed E-state index contributed by atoms with van der Waals surface area (Å²) in [7, 11) is 1.82. The Morgan fingerprint density at radius 2 is 2.16 bits per heavy atom. The molecule has 1 saturated carbocycles. The molecule has 0 amide bonds. The number of nitrogens with one attached hydrogen (secondary N) is 1. The van der Waals surface area contributed by atoms with Crippen LogP contribution in [-0.4, -0.2) is 19.8 Å². The van der Waals surface area contributed by atoms with Gasteiger partial charge >= 0.3 is 0 Å². The zero-order valence-electron chi connectivity index (χ0n) is 12.1. The summed E-state index contributed by atoms with van der Waals surface area (Å²) in [5.74, 6) is 0.694. The van der Waals surface area contributed by atoms with Gasteiger partial charge in [0.15, 0.2) is 0 Å². The summed E-state index contributed by atoms with van der Waals surface area (Å²) in [4.78, 5) is 0. The van der Waals surface area contributed by atoms with Crippen LogP contribution >= 0.6 is 11.6 Å². The van der Waals surface area contributed by atoms with Crippen molar-refractivity contribution < 1.29 is 4.74 Å². The topological polar surface area (TPSA) is 21.3 Å². The van der Waals surface area contributed by atoms with Crippen LogP contribution in [-0.2, 0) is 4.74 Å². The quantitative estimate of drug-likeness (QED) is 0.812. The van der Waals surface area contributed by atoms with Crippen molar-refractivity contribution in [2.24, 2.45) is 5.92 Å².